The Labute approximate surface area is 77.6 Å². The molecule has 6 nitrogen and oxygen atoms in total. The third kappa shape index (κ3) is 1.19. The highest BCUT2D eigenvalue weighted by Crippen LogP contribution is 1.96. The summed E-state index contributed by atoms with van der Waals surface area (Å²) >= 11 is 5.53. The van der Waals surface area contributed by atoms with E-state index in [4.69, 9.17) is 11.6 Å². The van der Waals surface area contributed by atoms with Crippen LogP contribution < -0.4 is 5.56 Å². The summed E-state index contributed by atoms with van der Waals surface area (Å²) < 4.78 is 1.22. The van der Waals surface area contributed by atoms with E-state index >= 15 is 0 Å². The van der Waals surface area contributed by atoms with Crippen molar-refractivity contribution in [3.63, 3.8) is 0 Å². The lowest BCUT2D eigenvalue weighted by atomic mass is 10.5. The number of aromatic amines is 1. The number of hydrogen-bond acceptors (Lipinski definition) is 4. The van der Waals surface area contributed by atoms with Crippen LogP contribution in [0.5, 0.6) is 0 Å². The number of nitrogens with one attached hydrogen (secondary N) is 1. The van der Waals surface area contributed by atoms with Crippen molar-refractivity contribution < 1.29 is 0 Å². The first-order chi connectivity index (χ1) is 6.22. The lowest BCUT2D eigenvalue weighted by Crippen LogP contribution is -2.19. The summed E-state index contributed by atoms with van der Waals surface area (Å²) in [6.07, 6.45) is 0. The van der Waals surface area contributed by atoms with E-state index in [1.54, 1.807) is 6.92 Å². The molecule has 7 heteroatoms. The number of aromatic nitrogens is 5. The second-order valence-corrected chi connectivity index (χ2v) is 2.80. The second kappa shape index (κ2) is 2.81. The van der Waals surface area contributed by atoms with Crippen LogP contribution >= 0.6 is 11.6 Å². The maximum atomic E-state index is 11.4. The first-order valence-electron chi connectivity index (χ1n) is 3.59. The largest absolute Gasteiger partial charge is 0.295 e. The number of halogens is 1. The number of H-pyrrole nitrogens is 1. The van der Waals surface area contributed by atoms with Crippen molar-refractivity contribution in [1.29, 1.82) is 0 Å². The highest BCUT2D eigenvalue weighted by Gasteiger charge is 2.06. The van der Waals surface area contributed by atoms with Gasteiger partial charge in [0.2, 0.25) is 0 Å². The molecule has 0 fully saturated rings. The minimum absolute atomic E-state index is 0.210. The van der Waals surface area contributed by atoms with Gasteiger partial charge in [-0.3, -0.25) is 9.89 Å². The fourth-order valence-corrected chi connectivity index (χ4v) is 1.09. The summed E-state index contributed by atoms with van der Waals surface area (Å²) in [5, 5.41) is 10.1. The molecule has 1 N–H and O–H groups in total. The van der Waals surface area contributed by atoms with Gasteiger partial charge >= 0.3 is 0 Å². The molecule has 13 heavy (non-hydrogen) atoms. The fourth-order valence-electron chi connectivity index (χ4n) is 0.968. The molecule has 0 atom stereocenters. The summed E-state index contributed by atoms with van der Waals surface area (Å²) in [5.74, 6) is 0.951. The number of aryl methyl sites for hydroxylation is 1. The molecule has 0 saturated carbocycles. The number of alkyl halides is 1. The third-order valence-corrected chi connectivity index (χ3v) is 1.86. The molecule has 0 unspecified atom stereocenters. The molecule has 0 aromatic carbocycles. The normalized spacial score (nSPS) is 10.9. The highest BCUT2D eigenvalue weighted by atomic mass is 35.5. The van der Waals surface area contributed by atoms with Gasteiger partial charge in [-0.2, -0.15) is 9.50 Å². The Balaban J connectivity index is 2.84. The Morgan fingerprint density at radius 3 is 3.00 bits per heavy atom. The molecular formula is C6H6ClN5O. The maximum Gasteiger partial charge on any atom is 0.295 e. The standard InChI is InChI=1S/C6H6ClN5O/c1-3-5(13)12-6(10-9-3)8-4(2-7)11-12/h2H2,1H3,(H,8,10,11). The first-order valence-corrected chi connectivity index (χ1v) is 4.12. The van der Waals surface area contributed by atoms with Gasteiger partial charge in [-0.1, -0.05) is 0 Å². The van der Waals surface area contributed by atoms with E-state index in [1.807, 2.05) is 0 Å². The van der Waals surface area contributed by atoms with Crippen LogP contribution in [0.4, 0.5) is 0 Å². The van der Waals surface area contributed by atoms with Crippen LogP contribution in [0, 0.1) is 6.92 Å². The SMILES string of the molecule is Cc1nnc2nc(CCl)[nH]n2c1=O. The summed E-state index contributed by atoms with van der Waals surface area (Å²) in [6.45, 7) is 1.59. The van der Waals surface area contributed by atoms with E-state index in [1.165, 1.54) is 4.52 Å². The molecule has 0 amide bonds. The monoisotopic (exact) mass is 199 g/mol. The molecule has 2 aromatic rings. The van der Waals surface area contributed by atoms with Crippen LogP contribution in [0.25, 0.3) is 5.78 Å². The van der Waals surface area contributed by atoms with Crippen molar-refractivity contribution in [2.75, 3.05) is 0 Å². The van der Waals surface area contributed by atoms with Gasteiger partial charge in [-0.05, 0) is 6.92 Å². The van der Waals surface area contributed by atoms with E-state index in [0.29, 0.717) is 11.5 Å². The van der Waals surface area contributed by atoms with Gasteiger partial charge in [0.25, 0.3) is 11.3 Å². The topological polar surface area (TPSA) is 75.9 Å². The molecule has 0 saturated heterocycles. The minimum Gasteiger partial charge on any atom is -0.274 e. The Bertz CT molecular complexity index is 501. The van der Waals surface area contributed by atoms with Gasteiger partial charge in [0.05, 0.1) is 5.88 Å². The van der Waals surface area contributed by atoms with Crippen molar-refractivity contribution in [2.24, 2.45) is 0 Å². The Morgan fingerprint density at radius 1 is 1.54 bits per heavy atom. The number of rotatable bonds is 1. The quantitative estimate of drug-likeness (QED) is 0.649. The second-order valence-electron chi connectivity index (χ2n) is 2.53. The van der Waals surface area contributed by atoms with Crippen molar-refractivity contribution in [2.45, 2.75) is 12.8 Å². The van der Waals surface area contributed by atoms with E-state index in [2.05, 4.69) is 20.3 Å². The zero-order chi connectivity index (χ0) is 9.42. The van der Waals surface area contributed by atoms with Crippen LogP contribution in [0.1, 0.15) is 11.5 Å². The molecule has 0 radical (unpaired) electrons. The molecular weight excluding hydrogens is 194 g/mol. The summed E-state index contributed by atoms with van der Waals surface area (Å²) in [4.78, 5) is 15.3. The van der Waals surface area contributed by atoms with Crippen LogP contribution in [-0.2, 0) is 5.88 Å². The Kier molecular flexibility index (Phi) is 1.77. The lowest BCUT2D eigenvalue weighted by Gasteiger charge is -1.89. The summed E-state index contributed by atoms with van der Waals surface area (Å²) in [6, 6.07) is 0. The number of hydrogen-bond donors (Lipinski definition) is 1. The van der Waals surface area contributed by atoms with Crippen LogP contribution in [0.15, 0.2) is 4.79 Å². The van der Waals surface area contributed by atoms with E-state index in [-0.39, 0.29) is 17.2 Å². The molecule has 2 aromatic heterocycles. The zero-order valence-electron chi connectivity index (χ0n) is 6.78. The Hall–Kier alpha value is -1.43. The summed E-state index contributed by atoms with van der Waals surface area (Å²) in [7, 11) is 0. The average Bonchev–Trinajstić information content (AvgIpc) is 2.55. The van der Waals surface area contributed by atoms with Gasteiger partial charge in [0, 0.05) is 0 Å². The van der Waals surface area contributed by atoms with Crippen molar-refractivity contribution in [1.82, 2.24) is 24.8 Å². The number of fused-ring (bicyclic) bond motifs is 1. The molecule has 2 rings (SSSR count). The predicted molar refractivity (Wildman–Crippen MR) is 45.7 cm³/mol. The molecule has 0 aliphatic heterocycles. The van der Waals surface area contributed by atoms with Crippen LogP contribution in [-0.4, -0.2) is 24.8 Å². The van der Waals surface area contributed by atoms with Gasteiger partial charge in [-0.25, -0.2) is 0 Å². The van der Waals surface area contributed by atoms with E-state index < -0.39 is 0 Å². The highest BCUT2D eigenvalue weighted by molar-refractivity contribution is 6.16. The predicted octanol–water partition coefficient (Wildman–Crippen LogP) is -0.140. The lowest BCUT2D eigenvalue weighted by molar-refractivity contribution is 0.815. The van der Waals surface area contributed by atoms with Gasteiger partial charge < -0.3 is 0 Å². The molecule has 2 heterocycles. The van der Waals surface area contributed by atoms with Gasteiger partial charge in [0.1, 0.15) is 11.5 Å². The minimum atomic E-state index is -0.256. The smallest absolute Gasteiger partial charge is 0.274 e. The molecule has 0 aliphatic carbocycles. The third-order valence-electron chi connectivity index (χ3n) is 1.60. The molecule has 68 valence electrons. The zero-order valence-corrected chi connectivity index (χ0v) is 7.54. The Morgan fingerprint density at radius 2 is 2.31 bits per heavy atom. The number of nitrogens with zero attached hydrogens (tertiary/aromatic N) is 4. The van der Waals surface area contributed by atoms with Crippen molar-refractivity contribution in [3.05, 3.63) is 21.9 Å². The summed E-state index contributed by atoms with van der Waals surface area (Å²) in [5.41, 5.74) is 0.0659. The molecule has 0 spiro atoms. The maximum absolute atomic E-state index is 11.4. The van der Waals surface area contributed by atoms with Crippen molar-refractivity contribution in [3.8, 4) is 0 Å². The first kappa shape index (κ1) is 8.18. The van der Waals surface area contributed by atoms with Crippen LogP contribution in [0.3, 0.4) is 0 Å². The van der Waals surface area contributed by atoms with Gasteiger partial charge in [-0.15, -0.1) is 21.8 Å². The fraction of sp³-hybridized carbons (Fsp3) is 0.333. The molecule has 0 aliphatic rings. The van der Waals surface area contributed by atoms with E-state index in [0.717, 1.165) is 0 Å². The van der Waals surface area contributed by atoms with Crippen LogP contribution in [0.2, 0.25) is 0 Å². The van der Waals surface area contributed by atoms with E-state index in [9.17, 15) is 4.79 Å². The molecule has 0 bridgehead atoms. The van der Waals surface area contributed by atoms with Gasteiger partial charge in [0.15, 0.2) is 0 Å². The van der Waals surface area contributed by atoms with Crippen molar-refractivity contribution >= 4 is 17.4 Å². The average molecular weight is 200 g/mol.